The van der Waals surface area contributed by atoms with Gasteiger partial charge in [0.25, 0.3) is 0 Å². The zero-order valence-corrected chi connectivity index (χ0v) is 15.7. The van der Waals surface area contributed by atoms with Gasteiger partial charge < -0.3 is 4.90 Å². The van der Waals surface area contributed by atoms with Crippen LogP contribution in [0, 0.1) is 17.8 Å². The maximum absolute atomic E-state index is 5.92. The third-order valence-electron chi connectivity index (χ3n) is 4.56. The molecule has 3 aliphatic rings. The molecule has 120 valence electrons. The van der Waals surface area contributed by atoms with Crippen molar-refractivity contribution in [2.24, 2.45) is 5.92 Å². The largest absolute Gasteiger partial charge is 0.303 e. The van der Waals surface area contributed by atoms with E-state index in [0.29, 0.717) is 5.92 Å². The second-order valence-electron chi connectivity index (χ2n) is 5.89. The maximum atomic E-state index is 5.92. The van der Waals surface area contributed by atoms with Gasteiger partial charge in [-0.3, -0.25) is 0 Å². The van der Waals surface area contributed by atoms with Crippen LogP contribution >= 0.6 is 46.4 Å². The summed E-state index contributed by atoms with van der Waals surface area (Å²) in [5, 5.41) is 1.09. The lowest BCUT2D eigenvalue weighted by molar-refractivity contribution is 0.0846. The Balaban J connectivity index is 1.41. The molecule has 2 aromatic rings. The van der Waals surface area contributed by atoms with Gasteiger partial charge in [0.15, 0.2) is 0 Å². The summed E-state index contributed by atoms with van der Waals surface area (Å²) >= 11 is 10.5. The van der Waals surface area contributed by atoms with Crippen molar-refractivity contribution >= 4 is 46.4 Å². The highest BCUT2D eigenvalue weighted by molar-refractivity contribution is 7.99. The Labute approximate surface area is 153 Å². The van der Waals surface area contributed by atoms with E-state index in [0.717, 1.165) is 32.5 Å². The Morgan fingerprint density at radius 1 is 1.30 bits per heavy atom. The summed E-state index contributed by atoms with van der Waals surface area (Å²) in [6, 6.07) is 3.85. The van der Waals surface area contributed by atoms with Gasteiger partial charge in [-0.15, -0.1) is 11.3 Å². The molecule has 0 amide bonds. The number of halogens is 1. The number of thiophene rings is 1. The van der Waals surface area contributed by atoms with Crippen LogP contribution < -0.4 is 0 Å². The fourth-order valence-corrected chi connectivity index (χ4v) is 5.83. The molecular weight excluding hydrogens is 366 g/mol. The van der Waals surface area contributed by atoms with Crippen molar-refractivity contribution in [3.05, 3.63) is 27.0 Å². The first-order chi connectivity index (χ1) is 11.3. The molecular formula is C16H16ClN3S3. The summed E-state index contributed by atoms with van der Waals surface area (Å²) < 4.78 is 9.92. The predicted octanol–water partition coefficient (Wildman–Crippen LogP) is 4.21. The van der Waals surface area contributed by atoms with Crippen LogP contribution in [0.25, 0.3) is 0 Å². The fourth-order valence-electron chi connectivity index (χ4n) is 3.40. The number of hydrogen-bond acceptors (Lipinski definition) is 6. The molecule has 5 rings (SSSR count). The Morgan fingerprint density at radius 2 is 2.17 bits per heavy atom. The predicted molar refractivity (Wildman–Crippen MR) is 98.7 cm³/mol. The highest BCUT2D eigenvalue weighted by Crippen LogP contribution is 2.41. The summed E-state index contributed by atoms with van der Waals surface area (Å²) in [4.78, 5) is 3.59. The van der Waals surface area contributed by atoms with E-state index in [2.05, 4.69) is 25.5 Å². The molecule has 3 aliphatic heterocycles. The molecule has 3 nitrogen and oxygen atoms in total. The van der Waals surface area contributed by atoms with Gasteiger partial charge in [-0.2, -0.15) is 8.75 Å². The molecule has 3 fully saturated rings. The topological polar surface area (TPSA) is 29.0 Å². The van der Waals surface area contributed by atoms with Gasteiger partial charge in [0.1, 0.15) is 5.03 Å². The lowest BCUT2D eigenvalue weighted by Crippen LogP contribution is -2.46. The van der Waals surface area contributed by atoms with E-state index >= 15 is 0 Å². The summed E-state index contributed by atoms with van der Waals surface area (Å²) in [5.41, 5.74) is 1.22. The van der Waals surface area contributed by atoms with Gasteiger partial charge in [-0.05, 0) is 44.0 Å². The summed E-state index contributed by atoms with van der Waals surface area (Å²) in [7, 11) is 0. The molecule has 0 saturated carbocycles. The maximum Gasteiger partial charge on any atom is 0.134 e. The number of thioether (sulfide) groups is 1. The fraction of sp³-hybridized carbons (Fsp3) is 0.500. The Morgan fingerprint density at radius 3 is 2.87 bits per heavy atom. The number of fused-ring (bicyclic) bond motifs is 3. The van der Waals surface area contributed by atoms with Crippen LogP contribution in [-0.4, -0.2) is 39.0 Å². The highest BCUT2D eigenvalue weighted by atomic mass is 35.5. The molecule has 1 atom stereocenters. The Kier molecular flexibility index (Phi) is 4.93. The minimum Gasteiger partial charge on any atom is -0.303 e. The standard InChI is InChI=1S/C16H16ClN3S3/c17-14-4-3-12(22-14)2-1-9-21-16-15(18-23-19-16)13-10-20-7-5-11(13)6-8-20/h3-4,11,13H,5-10H2/t13-/m1/s1. The molecule has 23 heavy (non-hydrogen) atoms. The number of piperidine rings is 3. The first-order valence-electron chi connectivity index (χ1n) is 7.71. The van der Waals surface area contributed by atoms with Crippen molar-refractivity contribution in [3.8, 4) is 11.8 Å². The third-order valence-corrected chi connectivity index (χ3v) is 7.22. The van der Waals surface area contributed by atoms with Crippen molar-refractivity contribution in [2.45, 2.75) is 23.8 Å². The van der Waals surface area contributed by atoms with Gasteiger partial charge in [0, 0.05) is 12.5 Å². The smallest absolute Gasteiger partial charge is 0.134 e. The van der Waals surface area contributed by atoms with Gasteiger partial charge in [0.2, 0.25) is 0 Å². The van der Waals surface area contributed by atoms with Crippen LogP contribution in [0.5, 0.6) is 0 Å². The zero-order valence-electron chi connectivity index (χ0n) is 12.5. The number of hydrogen-bond donors (Lipinski definition) is 0. The van der Waals surface area contributed by atoms with E-state index in [4.69, 9.17) is 11.6 Å². The van der Waals surface area contributed by atoms with E-state index in [9.17, 15) is 0 Å². The molecule has 0 unspecified atom stereocenters. The minimum absolute atomic E-state index is 0.572. The van der Waals surface area contributed by atoms with E-state index in [1.807, 2.05) is 12.1 Å². The number of nitrogens with zero attached hydrogens (tertiary/aromatic N) is 3. The van der Waals surface area contributed by atoms with Crippen molar-refractivity contribution in [2.75, 3.05) is 25.4 Å². The molecule has 0 aromatic carbocycles. The molecule has 0 N–H and O–H groups in total. The van der Waals surface area contributed by atoms with Gasteiger partial charge in [0.05, 0.1) is 32.4 Å². The third kappa shape index (κ3) is 3.59. The van der Waals surface area contributed by atoms with Crippen LogP contribution in [0.3, 0.4) is 0 Å². The molecule has 0 radical (unpaired) electrons. The second kappa shape index (κ2) is 7.12. The first kappa shape index (κ1) is 15.9. The van der Waals surface area contributed by atoms with Gasteiger partial charge in [-0.1, -0.05) is 35.2 Å². The molecule has 0 aliphatic carbocycles. The normalized spacial score (nSPS) is 26.0. The van der Waals surface area contributed by atoms with Crippen molar-refractivity contribution < 1.29 is 0 Å². The Bertz CT molecular complexity index is 737. The summed E-state index contributed by atoms with van der Waals surface area (Å²) in [6.45, 7) is 3.68. The summed E-state index contributed by atoms with van der Waals surface area (Å²) in [5.74, 6) is 8.48. The van der Waals surface area contributed by atoms with Crippen molar-refractivity contribution in [3.63, 3.8) is 0 Å². The molecule has 7 heteroatoms. The number of rotatable bonds is 3. The average Bonchev–Trinajstić information content (AvgIpc) is 3.21. The van der Waals surface area contributed by atoms with E-state index < -0.39 is 0 Å². The van der Waals surface area contributed by atoms with Crippen LogP contribution in [0.15, 0.2) is 17.2 Å². The van der Waals surface area contributed by atoms with E-state index in [1.54, 1.807) is 11.8 Å². The second-order valence-corrected chi connectivity index (χ2v) is 9.10. The van der Waals surface area contributed by atoms with Crippen LogP contribution in [0.4, 0.5) is 0 Å². The number of aromatic nitrogens is 2. The zero-order chi connectivity index (χ0) is 15.6. The van der Waals surface area contributed by atoms with Crippen molar-refractivity contribution in [1.82, 2.24) is 13.6 Å². The van der Waals surface area contributed by atoms with Crippen LogP contribution in [-0.2, 0) is 0 Å². The van der Waals surface area contributed by atoms with Crippen molar-refractivity contribution in [1.29, 1.82) is 0 Å². The lowest BCUT2D eigenvalue weighted by atomic mass is 9.78. The molecule has 2 bridgehead atoms. The quantitative estimate of drug-likeness (QED) is 0.588. The molecule has 0 spiro atoms. The summed E-state index contributed by atoms with van der Waals surface area (Å²) in [6.07, 6.45) is 2.62. The minimum atomic E-state index is 0.572. The Hall–Kier alpha value is -0.580. The van der Waals surface area contributed by atoms with Gasteiger partial charge in [-0.25, -0.2) is 0 Å². The monoisotopic (exact) mass is 381 g/mol. The lowest BCUT2D eigenvalue weighted by Gasteiger charge is -2.44. The van der Waals surface area contributed by atoms with Crippen LogP contribution in [0.2, 0.25) is 4.34 Å². The van der Waals surface area contributed by atoms with Gasteiger partial charge >= 0.3 is 0 Å². The van der Waals surface area contributed by atoms with E-state index in [-0.39, 0.29) is 0 Å². The SMILES string of the molecule is Clc1ccc(C#CCSc2nsnc2[C@@H]2CN3CCC2CC3)s1. The van der Waals surface area contributed by atoms with Crippen LogP contribution in [0.1, 0.15) is 29.3 Å². The molecule has 5 heterocycles. The highest BCUT2D eigenvalue weighted by Gasteiger charge is 2.37. The molecule has 2 aromatic heterocycles. The first-order valence-corrected chi connectivity index (χ1v) is 10.6. The average molecular weight is 382 g/mol. The van der Waals surface area contributed by atoms with E-state index in [1.165, 1.54) is 54.7 Å². The molecule has 3 saturated heterocycles.